The van der Waals surface area contributed by atoms with Crippen LogP contribution in [-0.4, -0.2) is 36.7 Å². The highest BCUT2D eigenvalue weighted by Crippen LogP contribution is 2.68. The maximum Gasteiger partial charge on any atom is 0.336 e. The van der Waals surface area contributed by atoms with Crippen molar-refractivity contribution in [3.63, 3.8) is 0 Å². The Kier molecular flexibility index (Phi) is 3.52. The van der Waals surface area contributed by atoms with Gasteiger partial charge < -0.3 is 15.2 Å². The Balaban J connectivity index is 2.46. The Hall–Kier alpha value is -1.10. The van der Waals surface area contributed by atoms with Gasteiger partial charge >= 0.3 is 5.97 Å². The van der Waals surface area contributed by atoms with E-state index in [0.29, 0.717) is 0 Å². The van der Waals surface area contributed by atoms with Gasteiger partial charge in [0.05, 0.1) is 13.7 Å². The lowest BCUT2D eigenvalue weighted by Crippen LogP contribution is -2.38. The predicted octanol–water partition coefficient (Wildman–Crippen LogP) is 0.319. The average Bonchev–Trinajstić information content (AvgIpc) is 2.64. The number of ether oxygens (including phenoxy) is 1. The van der Waals surface area contributed by atoms with Crippen molar-refractivity contribution in [2.75, 3.05) is 13.7 Å². The summed E-state index contributed by atoms with van der Waals surface area (Å²) in [5.74, 6) is -0.942. The van der Waals surface area contributed by atoms with Crippen molar-refractivity contribution in [3.8, 4) is 0 Å². The van der Waals surface area contributed by atoms with E-state index in [1.54, 1.807) is 0 Å². The third-order valence-corrected chi connectivity index (χ3v) is 4.23. The highest BCUT2D eigenvalue weighted by molar-refractivity contribution is 5.85. The summed E-state index contributed by atoms with van der Waals surface area (Å²) in [7, 11) is 1.19. The molecule has 0 aromatic rings. The number of nitrogens with one attached hydrogen (secondary N) is 1. The Morgan fingerprint density at radius 2 is 1.76 bits per heavy atom. The monoisotopic (exact) mass is 243 g/mol. The molecule has 17 heavy (non-hydrogen) atoms. The van der Waals surface area contributed by atoms with E-state index >= 15 is 0 Å². The number of methoxy groups -OCH3 is 1. The van der Waals surface area contributed by atoms with Crippen LogP contribution < -0.4 is 5.32 Å². The van der Waals surface area contributed by atoms with E-state index in [9.17, 15) is 14.7 Å². The first-order valence-electron chi connectivity index (χ1n) is 5.70. The molecular weight excluding hydrogens is 222 g/mol. The van der Waals surface area contributed by atoms with Gasteiger partial charge in [-0.3, -0.25) is 4.79 Å². The summed E-state index contributed by atoms with van der Waals surface area (Å²) < 4.78 is 4.36. The second-order valence-corrected chi connectivity index (χ2v) is 5.66. The van der Waals surface area contributed by atoms with Crippen molar-refractivity contribution < 1.29 is 19.4 Å². The normalized spacial score (nSPS) is 22.7. The van der Waals surface area contributed by atoms with E-state index in [1.165, 1.54) is 7.11 Å². The van der Waals surface area contributed by atoms with Crippen LogP contribution in [0.25, 0.3) is 0 Å². The second kappa shape index (κ2) is 4.29. The number of rotatable bonds is 4. The number of hydrogen-bond donors (Lipinski definition) is 2. The molecule has 1 unspecified atom stereocenters. The lowest BCUT2D eigenvalue weighted by atomic mass is 10.0. The first-order valence-corrected chi connectivity index (χ1v) is 5.70. The van der Waals surface area contributed by atoms with Crippen LogP contribution in [0, 0.1) is 16.7 Å². The van der Waals surface area contributed by atoms with Crippen molar-refractivity contribution in [1.82, 2.24) is 5.32 Å². The van der Waals surface area contributed by atoms with Gasteiger partial charge in [-0.15, -0.1) is 0 Å². The van der Waals surface area contributed by atoms with E-state index < -0.39 is 12.1 Å². The molecule has 1 amide bonds. The molecule has 0 aromatic heterocycles. The molecule has 5 heteroatoms. The van der Waals surface area contributed by atoms with Crippen LogP contribution in [0.3, 0.4) is 0 Å². The highest BCUT2D eigenvalue weighted by atomic mass is 16.5. The van der Waals surface area contributed by atoms with Gasteiger partial charge in [-0.05, 0) is 10.8 Å². The SMILES string of the molecule is COC(=O)C(O)CNC(=O)C1C(C)(C)C1(C)C. The van der Waals surface area contributed by atoms with Crippen molar-refractivity contribution in [2.45, 2.75) is 33.8 Å². The number of aliphatic hydroxyl groups excluding tert-OH is 1. The number of carbonyl (C=O) groups excluding carboxylic acids is 2. The van der Waals surface area contributed by atoms with Crippen LogP contribution in [0.5, 0.6) is 0 Å². The smallest absolute Gasteiger partial charge is 0.336 e. The number of amides is 1. The molecular formula is C12H21NO4. The van der Waals surface area contributed by atoms with Gasteiger partial charge in [0.15, 0.2) is 6.10 Å². The number of esters is 1. The number of carbonyl (C=O) groups is 2. The summed E-state index contributed by atoms with van der Waals surface area (Å²) >= 11 is 0. The summed E-state index contributed by atoms with van der Waals surface area (Å²) in [6.45, 7) is 8.04. The summed E-state index contributed by atoms with van der Waals surface area (Å²) in [6, 6.07) is 0. The lowest BCUT2D eigenvalue weighted by Gasteiger charge is -2.10. The first-order chi connectivity index (χ1) is 7.66. The summed E-state index contributed by atoms with van der Waals surface area (Å²) in [4.78, 5) is 22.8. The number of aliphatic hydroxyl groups is 1. The van der Waals surface area contributed by atoms with Crippen LogP contribution in [0.4, 0.5) is 0 Å². The lowest BCUT2D eigenvalue weighted by molar-refractivity contribution is -0.150. The van der Waals surface area contributed by atoms with Crippen molar-refractivity contribution >= 4 is 11.9 Å². The van der Waals surface area contributed by atoms with Gasteiger partial charge in [-0.25, -0.2) is 4.79 Å². The molecule has 0 bridgehead atoms. The van der Waals surface area contributed by atoms with Crippen molar-refractivity contribution in [2.24, 2.45) is 16.7 Å². The minimum absolute atomic E-state index is 0.0483. The van der Waals surface area contributed by atoms with Gasteiger partial charge in [0.1, 0.15) is 0 Å². The zero-order valence-corrected chi connectivity index (χ0v) is 11.0. The van der Waals surface area contributed by atoms with E-state index in [2.05, 4.69) is 10.1 Å². The first kappa shape index (κ1) is 14.0. The third kappa shape index (κ3) is 2.29. The summed E-state index contributed by atoms with van der Waals surface area (Å²) in [5, 5.41) is 11.9. The molecule has 1 aliphatic rings. The van der Waals surface area contributed by atoms with E-state index in [1.807, 2.05) is 27.7 Å². The molecule has 2 N–H and O–H groups in total. The topological polar surface area (TPSA) is 75.6 Å². The minimum Gasteiger partial charge on any atom is -0.467 e. The van der Waals surface area contributed by atoms with Crippen LogP contribution >= 0.6 is 0 Å². The second-order valence-electron chi connectivity index (χ2n) is 5.66. The molecule has 0 heterocycles. The Bertz CT molecular complexity index is 321. The predicted molar refractivity (Wildman–Crippen MR) is 62.1 cm³/mol. The molecule has 0 spiro atoms. The molecule has 1 aliphatic carbocycles. The van der Waals surface area contributed by atoms with Gasteiger partial charge in [0, 0.05) is 5.92 Å². The van der Waals surface area contributed by atoms with Gasteiger partial charge in [0.25, 0.3) is 0 Å². The molecule has 98 valence electrons. The van der Waals surface area contributed by atoms with E-state index in [-0.39, 0.29) is 29.2 Å². The van der Waals surface area contributed by atoms with E-state index in [0.717, 1.165) is 0 Å². The fraction of sp³-hybridized carbons (Fsp3) is 0.833. The number of hydrogen-bond acceptors (Lipinski definition) is 4. The molecule has 1 saturated carbocycles. The van der Waals surface area contributed by atoms with Gasteiger partial charge in [0.2, 0.25) is 5.91 Å². The van der Waals surface area contributed by atoms with E-state index in [4.69, 9.17) is 0 Å². The van der Waals surface area contributed by atoms with Gasteiger partial charge in [-0.2, -0.15) is 0 Å². The highest BCUT2D eigenvalue weighted by Gasteiger charge is 2.68. The molecule has 1 fully saturated rings. The van der Waals surface area contributed by atoms with Crippen LogP contribution in [-0.2, 0) is 14.3 Å². The van der Waals surface area contributed by atoms with Crippen LogP contribution in [0.15, 0.2) is 0 Å². The molecule has 0 aliphatic heterocycles. The summed E-state index contributed by atoms with van der Waals surface area (Å²) in [6.07, 6.45) is -1.30. The maximum absolute atomic E-state index is 11.9. The largest absolute Gasteiger partial charge is 0.467 e. The fourth-order valence-electron chi connectivity index (χ4n) is 2.37. The zero-order chi connectivity index (χ0) is 13.4. The quantitative estimate of drug-likeness (QED) is 0.697. The Labute approximate surface area is 102 Å². The summed E-state index contributed by atoms with van der Waals surface area (Å²) in [5.41, 5.74) is -0.0966. The average molecular weight is 243 g/mol. The molecule has 1 rings (SSSR count). The Morgan fingerprint density at radius 1 is 1.29 bits per heavy atom. The minimum atomic E-state index is -1.30. The standard InChI is InChI=1S/C12H21NO4/c1-11(2)8(12(11,3)4)9(15)13-6-7(14)10(16)17-5/h7-8,14H,6H2,1-5H3,(H,13,15). The third-order valence-electron chi connectivity index (χ3n) is 4.23. The zero-order valence-electron chi connectivity index (χ0n) is 11.0. The van der Waals surface area contributed by atoms with Crippen LogP contribution in [0.2, 0.25) is 0 Å². The molecule has 0 aromatic carbocycles. The van der Waals surface area contributed by atoms with Crippen LogP contribution in [0.1, 0.15) is 27.7 Å². The molecule has 0 saturated heterocycles. The van der Waals surface area contributed by atoms with Crippen molar-refractivity contribution in [1.29, 1.82) is 0 Å². The molecule has 0 radical (unpaired) electrons. The fourth-order valence-corrected chi connectivity index (χ4v) is 2.37. The van der Waals surface area contributed by atoms with Crippen molar-refractivity contribution in [3.05, 3.63) is 0 Å². The van der Waals surface area contributed by atoms with Gasteiger partial charge in [-0.1, -0.05) is 27.7 Å². The molecule has 1 atom stereocenters. The maximum atomic E-state index is 11.9. The Morgan fingerprint density at radius 3 is 2.12 bits per heavy atom. The molecule has 5 nitrogen and oxygen atoms in total.